The van der Waals surface area contributed by atoms with Gasteiger partial charge in [0.15, 0.2) is 0 Å². The molecule has 0 N–H and O–H groups in total. The van der Waals surface area contributed by atoms with Crippen molar-refractivity contribution in [2.24, 2.45) is 0 Å². The fourth-order valence-corrected chi connectivity index (χ4v) is 5.58. The van der Waals surface area contributed by atoms with E-state index in [2.05, 4.69) is 40.9 Å². The lowest BCUT2D eigenvalue weighted by atomic mass is 10.1. The fraction of sp³-hybridized carbons (Fsp3) is 0.684. The molecule has 2 heterocycles. The second kappa shape index (κ2) is 8.80. The molecule has 146 valence electrons. The molecule has 26 heavy (non-hydrogen) atoms. The van der Waals surface area contributed by atoms with Gasteiger partial charge in [-0.15, -0.1) is 0 Å². The summed E-state index contributed by atoms with van der Waals surface area (Å²) in [5.41, 5.74) is 1.20. The van der Waals surface area contributed by atoms with Gasteiger partial charge < -0.3 is 4.90 Å². The Hall–Kier alpha value is -0.990. The number of likely N-dealkylation sites (N-methyl/N-ethyl adjacent to an activating group) is 1. The molecule has 1 aromatic carbocycles. The average Bonchev–Trinajstić information content (AvgIpc) is 2.94. The Bertz CT molecular complexity index is 657. The van der Waals surface area contributed by atoms with Gasteiger partial charge in [-0.05, 0) is 26.1 Å². The molecular weight excluding hydrogens is 348 g/mol. The number of hydrogen-bond acceptors (Lipinski definition) is 5. The Morgan fingerprint density at radius 1 is 1.04 bits per heavy atom. The van der Waals surface area contributed by atoms with Gasteiger partial charge in [0.1, 0.15) is 0 Å². The molecule has 0 radical (unpaired) electrons. The average molecular weight is 381 g/mol. The predicted octanol–water partition coefficient (Wildman–Crippen LogP) is 0.422. The van der Waals surface area contributed by atoms with Crippen LogP contribution in [0.15, 0.2) is 30.3 Å². The Kier molecular flexibility index (Phi) is 6.69. The van der Waals surface area contributed by atoms with E-state index in [-0.39, 0.29) is 11.8 Å². The van der Waals surface area contributed by atoms with Crippen LogP contribution in [0.1, 0.15) is 5.56 Å². The molecule has 7 heteroatoms. The summed E-state index contributed by atoms with van der Waals surface area (Å²) in [5.74, 6) is 0.277. The molecule has 2 aliphatic heterocycles. The summed E-state index contributed by atoms with van der Waals surface area (Å²) >= 11 is 0. The van der Waals surface area contributed by atoms with Crippen LogP contribution < -0.4 is 0 Å². The largest absolute Gasteiger partial charge is 0.308 e. The maximum atomic E-state index is 12.6. The van der Waals surface area contributed by atoms with Gasteiger partial charge in [0.2, 0.25) is 10.0 Å². The molecule has 0 spiro atoms. The SMILES string of the molecule is CN(C)CCN1CCN(C2CN(CCc3ccccc3)S(=O)(=O)C2)CC1. The first-order chi connectivity index (χ1) is 12.4. The number of piperazine rings is 1. The van der Waals surface area contributed by atoms with Crippen molar-refractivity contribution in [1.82, 2.24) is 19.0 Å². The van der Waals surface area contributed by atoms with Crippen LogP contribution in [-0.2, 0) is 16.4 Å². The standard InChI is InChI=1S/C19H32N4O2S/c1-20(2)10-11-21-12-14-22(15-13-21)19-16-23(26(24,25)17-19)9-8-18-6-4-3-5-7-18/h3-7,19H,8-17H2,1-2H3. The van der Waals surface area contributed by atoms with E-state index < -0.39 is 10.0 Å². The van der Waals surface area contributed by atoms with Gasteiger partial charge in [0.25, 0.3) is 0 Å². The second-order valence-electron chi connectivity index (χ2n) is 7.71. The molecule has 0 amide bonds. The topological polar surface area (TPSA) is 47.1 Å². The lowest BCUT2D eigenvalue weighted by Gasteiger charge is -2.37. The summed E-state index contributed by atoms with van der Waals surface area (Å²) < 4.78 is 26.8. The maximum Gasteiger partial charge on any atom is 0.215 e. The van der Waals surface area contributed by atoms with E-state index in [4.69, 9.17) is 0 Å². The molecule has 2 fully saturated rings. The number of sulfonamides is 1. The van der Waals surface area contributed by atoms with E-state index in [1.807, 2.05) is 18.2 Å². The molecule has 2 saturated heterocycles. The molecule has 1 unspecified atom stereocenters. The molecule has 2 aliphatic rings. The van der Waals surface area contributed by atoms with Crippen molar-refractivity contribution in [3.63, 3.8) is 0 Å². The zero-order valence-corrected chi connectivity index (χ0v) is 16.9. The highest BCUT2D eigenvalue weighted by atomic mass is 32.2. The Morgan fingerprint density at radius 2 is 1.73 bits per heavy atom. The van der Waals surface area contributed by atoms with Crippen LogP contribution in [0, 0.1) is 0 Å². The van der Waals surface area contributed by atoms with Gasteiger partial charge in [-0.1, -0.05) is 30.3 Å². The predicted molar refractivity (Wildman–Crippen MR) is 106 cm³/mol. The highest BCUT2D eigenvalue weighted by Gasteiger charge is 2.39. The minimum atomic E-state index is -3.12. The zero-order valence-electron chi connectivity index (χ0n) is 16.0. The molecule has 3 rings (SSSR count). The van der Waals surface area contributed by atoms with Crippen molar-refractivity contribution in [2.75, 3.05) is 72.2 Å². The molecular formula is C19H32N4O2S. The van der Waals surface area contributed by atoms with E-state index in [0.29, 0.717) is 13.1 Å². The third kappa shape index (κ3) is 5.27. The van der Waals surface area contributed by atoms with E-state index in [1.54, 1.807) is 4.31 Å². The number of nitrogens with zero attached hydrogens (tertiary/aromatic N) is 4. The molecule has 0 aromatic heterocycles. The second-order valence-corrected chi connectivity index (χ2v) is 9.72. The van der Waals surface area contributed by atoms with E-state index in [0.717, 1.165) is 45.7 Å². The van der Waals surface area contributed by atoms with Gasteiger partial charge in [-0.2, -0.15) is 4.31 Å². The number of hydrogen-bond donors (Lipinski definition) is 0. The van der Waals surface area contributed by atoms with Gasteiger partial charge in [-0.3, -0.25) is 9.80 Å². The summed E-state index contributed by atoms with van der Waals surface area (Å²) in [4.78, 5) is 7.07. The summed E-state index contributed by atoms with van der Waals surface area (Å²) in [6.07, 6.45) is 0.783. The molecule has 0 bridgehead atoms. The third-order valence-electron chi connectivity index (χ3n) is 5.49. The van der Waals surface area contributed by atoms with Crippen LogP contribution in [0.4, 0.5) is 0 Å². The van der Waals surface area contributed by atoms with Crippen molar-refractivity contribution in [2.45, 2.75) is 12.5 Å². The van der Waals surface area contributed by atoms with Crippen LogP contribution in [0.2, 0.25) is 0 Å². The lowest BCUT2D eigenvalue weighted by molar-refractivity contribution is 0.0968. The minimum Gasteiger partial charge on any atom is -0.308 e. The summed E-state index contributed by atoms with van der Waals surface area (Å²) in [6, 6.07) is 10.3. The zero-order chi connectivity index (χ0) is 18.6. The Morgan fingerprint density at radius 3 is 2.38 bits per heavy atom. The third-order valence-corrected chi connectivity index (χ3v) is 7.41. The maximum absolute atomic E-state index is 12.6. The first-order valence-electron chi connectivity index (χ1n) is 9.57. The van der Waals surface area contributed by atoms with Crippen molar-refractivity contribution in [1.29, 1.82) is 0 Å². The number of rotatable bonds is 7. The van der Waals surface area contributed by atoms with Gasteiger partial charge in [0.05, 0.1) is 5.75 Å². The van der Waals surface area contributed by atoms with Crippen molar-refractivity contribution < 1.29 is 8.42 Å². The molecule has 1 aromatic rings. The molecule has 0 aliphatic carbocycles. The Balaban J connectivity index is 1.48. The number of benzene rings is 1. The molecule has 0 saturated carbocycles. The lowest BCUT2D eigenvalue weighted by Crippen LogP contribution is -2.52. The van der Waals surface area contributed by atoms with Gasteiger partial charge in [0, 0.05) is 58.4 Å². The van der Waals surface area contributed by atoms with Crippen LogP contribution in [0.3, 0.4) is 0 Å². The Labute approximate surface area is 158 Å². The summed E-state index contributed by atoms with van der Waals surface area (Å²) in [5, 5.41) is 0. The van der Waals surface area contributed by atoms with Gasteiger partial charge in [-0.25, -0.2) is 8.42 Å². The van der Waals surface area contributed by atoms with Crippen LogP contribution in [0.5, 0.6) is 0 Å². The summed E-state index contributed by atoms with van der Waals surface area (Å²) in [7, 11) is 1.08. The minimum absolute atomic E-state index is 0.145. The van der Waals surface area contributed by atoms with Crippen molar-refractivity contribution in [3.8, 4) is 0 Å². The monoisotopic (exact) mass is 380 g/mol. The van der Waals surface area contributed by atoms with E-state index in [1.165, 1.54) is 5.56 Å². The van der Waals surface area contributed by atoms with Crippen molar-refractivity contribution in [3.05, 3.63) is 35.9 Å². The van der Waals surface area contributed by atoms with Crippen LogP contribution in [-0.4, -0.2) is 106 Å². The van der Waals surface area contributed by atoms with Crippen LogP contribution in [0.25, 0.3) is 0 Å². The highest BCUT2D eigenvalue weighted by Crippen LogP contribution is 2.20. The van der Waals surface area contributed by atoms with Crippen LogP contribution >= 0.6 is 0 Å². The highest BCUT2D eigenvalue weighted by molar-refractivity contribution is 7.89. The van der Waals surface area contributed by atoms with Gasteiger partial charge >= 0.3 is 0 Å². The summed E-state index contributed by atoms with van der Waals surface area (Å²) in [6.45, 7) is 7.42. The fourth-order valence-electron chi connectivity index (χ4n) is 3.79. The van der Waals surface area contributed by atoms with E-state index >= 15 is 0 Å². The molecule has 1 atom stereocenters. The first kappa shape index (κ1) is 19.8. The first-order valence-corrected chi connectivity index (χ1v) is 11.2. The van der Waals surface area contributed by atoms with Crippen molar-refractivity contribution >= 4 is 10.0 Å². The van der Waals surface area contributed by atoms with E-state index in [9.17, 15) is 8.42 Å². The molecule has 6 nitrogen and oxygen atoms in total. The normalized spacial score (nSPS) is 25.1. The quantitative estimate of drug-likeness (QED) is 0.686. The smallest absolute Gasteiger partial charge is 0.215 e.